The molecule has 0 spiro atoms. The van der Waals surface area contributed by atoms with Crippen LogP contribution < -0.4 is 9.47 Å². The molecule has 114 valence electrons. The Bertz CT molecular complexity index is 489. The van der Waals surface area contributed by atoms with E-state index in [0.29, 0.717) is 5.75 Å². The summed E-state index contributed by atoms with van der Waals surface area (Å²) in [5, 5.41) is 9.62. The SMILES string of the molecule is CC(C)(C)C(O)Oc1ccccc1.COc1ccccc1. The van der Waals surface area contributed by atoms with Crippen LogP contribution in [-0.2, 0) is 0 Å². The van der Waals surface area contributed by atoms with Crippen molar-refractivity contribution in [3.8, 4) is 11.5 Å². The first-order valence-electron chi connectivity index (χ1n) is 6.92. The van der Waals surface area contributed by atoms with Gasteiger partial charge in [0.15, 0.2) is 0 Å². The normalized spacial score (nSPS) is 11.9. The number of aliphatic hydroxyl groups is 1. The molecule has 2 aromatic rings. The third-order valence-electron chi connectivity index (χ3n) is 2.71. The quantitative estimate of drug-likeness (QED) is 0.863. The summed E-state index contributed by atoms with van der Waals surface area (Å²) >= 11 is 0. The van der Waals surface area contributed by atoms with Gasteiger partial charge in [-0.1, -0.05) is 57.2 Å². The van der Waals surface area contributed by atoms with Gasteiger partial charge in [-0.25, -0.2) is 0 Å². The zero-order valence-electron chi connectivity index (χ0n) is 13.1. The highest BCUT2D eigenvalue weighted by atomic mass is 16.6. The van der Waals surface area contributed by atoms with E-state index in [9.17, 15) is 5.11 Å². The highest BCUT2D eigenvalue weighted by Gasteiger charge is 2.23. The summed E-state index contributed by atoms with van der Waals surface area (Å²) in [5.41, 5.74) is -0.254. The maximum absolute atomic E-state index is 9.62. The fraction of sp³-hybridized carbons (Fsp3) is 0.333. The van der Waals surface area contributed by atoms with E-state index in [1.165, 1.54) is 0 Å². The van der Waals surface area contributed by atoms with Gasteiger partial charge in [0.25, 0.3) is 0 Å². The Hall–Kier alpha value is -2.00. The second-order valence-corrected chi connectivity index (χ2v) is 5.67. The van der Waals surface area contributed by atoms with Crippen molar-refractivity contribution in [2.75, 3.05) is 7.11 Å². The number of aliphatic hydroxyl groups excluding tert-OH is 1. The molecule has 21 heavy (non-hydrogen) atoms. The van der Waals surface area contributed by atoms with Gasteiger partial charge in [0.2, 0.25) is 6.29 Å². The second-order valence-electron chi connectivity index (χ2n) is 5.67. The minimum atomic E-state index is -0.769. The molecule has 0 saturated carbocycles. The average Bonchev–Trinajstić information content (AvgIpc) is 2.49. The summed E-state index contributed by atoms with van der Waals surface area (Å²) in [6, 6.07) is 19.0. The van der Waals surface area contributed by atoms with Crippen molar-refractivity contribution in [1.82, 2.24) is 0 Å². The molecule has 1 unspecified atom stereocenters. The molecular formula is C18H24O3. The van der Waals surface area contributed by atoms with Crippen LogP contribution in [-0.4, -0.2) is 18.5 Å². The maximum atomic E-state index is 9.62. The molecule has 1 N–H and O–H groups in total. The molecule has 0 fully saturated rings. The molecule has 0 aliphatic heterocycles. The van der Waals surface area contributed by atoms with Gasteiger partial charge >= 0.3 is 0 Å². The molecule has 0 radical (unpaired) electrons. The van der Waals surface area contributed by atoms with Crippen LogP contribution in [0.5, 0.6) is 11.5 Å². The van der Waals surface area contributed by atoms with Crippen LogP contribution in [0.3, 0.4) is 0 Å². The fourth-order valence-corrected chi connectivity index (χ4v) is 1.36. The lowest BCUT2D eigenvalue weighted by molar-refractivity contribution is -0.0931. The van der Waals surface area contributed by atoms with Crippen LogP contribution in [0.25, 0.3) is 0 Å². The van der Waals surface area contributed by atoms with E-state index in [-0.39, 0.29) is 5.41 Å². The first-order chi connectivity index (χ1) is 9.93. The zero-order valence-corrected chi connectivity index (χ0v) is 13.1. The summed E-state index contributed by atoms with van der Waals surface area (Å²) in [6.45, 7) is 5.79. The van der Waals surface area contributed by atoms with Crippen molar-refractivity contribution in [3.63, 3.8) is 0 Å². The third kappa shape index (κ3) is 6.82. The minimum Gasteiger partial charge on any atom is -0.497 e. The van der Waals surface area contributed by atoms with Crippen molar-refractivity contribution >= 4 is 0 Å². The van der Waals surface area contributed by atoms with Gasteiger partial charge in [-0.05, 0) is 24.3 Å². The molecular weight excluding hydrogens is 264 g/mol. The van der Waals surface area contributed by atoms with E-state index in [0.717, 1.165) is 5.75 Å². The molecule has 0 saturated heterocycles. The molecule has 2 aromatic carbocycles. The van der Waals surface area contributed by atoms with Gasteiger partial charge in [-0.2, -0.15) is 0 Å². The van der Waals surface area contributed by atoms with Crippen LogP contribution >= 0.6 is 0 Å². The fourth-order valence-electron chi connectivity index (χ4n) is 1.36. The first-order valence-corrected chi connectivity index (χ1v) is 6.92. The second kappa shape index (κ2) is 8.32. The van der Waals surface area contributed by atoms with Crippen molar-refractivity contribution < 1.29 is 14.6 Å². The largest absolute Gasteiger partial charge is 0.497 e. The summed E-state index contributed by atoms with van der Waals surface area (Å²) in [7, 11) is 1.66. The minimum absolute atomic E-state index is 0.254. The van der Waals surface area contributed by atoms with Crippen LogP contribution in [0.4, 0.5) is 0 Å². The Morgan fingerprint density at radius 2 is 1.24 bits per heavy atom. The van der Waals surface area contributed by atoms with Crippen LogP contribution in [0, 0.1) is 5.41 Å². The van der Waals surface area contributed by atoms with E-state index >= 15 is 0 Å². The number of para-hydroxylation sites is 2. The highest BCUT2D eigenvalue weighted by Crippen LogP contribution is 2.22. The van der Waals surface area contributed by atoms with Crippen LogP contribution in [0.2, 0.25) is 0 Å². The number of hydrogen-bond acceptors (Lipinski definition) is 3. The molecule has 0 aliphatic rings. The lowest BCUT2D eigenvalue weighted by Crippen LogP contribution is -2.31. The summed E-state index contributed by atoms with van der Waals surface area (Å²) in [4.78, 5) is 0. The summed E-state index contributed by atoms with van der Waals surface area (Å²) in [6.07, 6.45) is -0.769. The number of ether oxygens (including phenoxy) is 2. The number of methoxy groups -OCH3 is 1. The molecule has 1 atom stereocenters. The number of benzene rings is 2. The summed E-state index contributed by atoms with van der Waals surface area (Å²) < 4.78 is 10.2. The highest BCUT2D eigenvalue weighted by molar-refractivity contribution is 5.21. The van der Waals surface area contributed by atoms with Crippen molar-refractivity contribution in [2.24, 2.45) is 5.41 Å². The molecule has 3 nitrogen and oxygen atoms in total. The Balaban J connectivity index is 0.000000235. The Morgan fingerprint density at radius 3 is 1.57 bits per heavy atom. The zero-order chi connectivity index (χ0) is 15.7. The molecule has 0 aromatic heterocycles. The van der Waals surface area contributed by atoms with Gasteiger partial charge in [-0.15, -0.1) is 0 Å². The predicted octanol–water partition coefficient (Wildman–Crippen LogP) is 4.13. The smallest absolute Gasteiger partial charge is 0.202 e. The van der Waals surface area contributed by atoms with Gasteiger partial charge in [0.05, 0.1) is 7.11 Å². The molecule has 0 bridgehead atoms. The summed E-state index contributed by atoms with van der Waals surface area (Å²) in [5.74, 6) is 1.61. The maximum Gasteiger partial charge on any atom is 0.202 e. The number of rotatable bonds is 3. The van der Waals surface area contributed by atoms with Crippen LogP contribution in [0.15, 0.2) is 60.7 Å². The lowest BCUT2D eigenvalue weighted by Gasteiger charge is -2.26. The molecule has 3 heteroatoms. The van der Waals surface area contributed by atoms with E-state index in [1.54, 1.807) is 7.11 Å². The lowest BCUT2D eigenvalue weighted by atomic mass is 9.96. The Labute approximate surface area is 127 Å². The van der Waals surface area contributed by atoms with E-state index in [4.69, 9.17) is 9.47 Å². The monoisotopic (exact) mass is 288 g/mol. The third-order valence-corrected chi connectivity index (χ3v) is 2.71. The molecule has 2 rings (SSSR count). The Kier molecular flexibility index (Phi) is 6.76. The van der Waals surface area contributed by atoms with Crippen LogP contribution in [0.1, 0.15) is 20.8 Å². The average molecular weight is 288 g/mol. The molecule has 0 heterocycles. The first kappa shape index (κ1) is 17.1. The van der Waals surface area contributed by atoms with Gasteiger partial charge < -0.3 is 14.6 Å². The van der Waals surface area contributed by atoms with Gasteiger partial charge in [-0.3, -0.25) is 0 Å². The van der Waals surface area contributed by atoms with E-state index < -0.39 is 6.29 Å². The molecule has 0 amide bonds. The van der Waals surface area contributed by atoms with Crippen molar-refractivity contribution in [1.29, 1.82) is 0 Å². The van der Waals surface area contributed by atoms with E-state index in [2.05, 4.69) is 0 Å². The van der Waals surface area contributed by atoms with E-state index in [1.807, 2.05) is 81.4 Å². The van der Waals surface area contributed by atoms with Gasteiger partial charge in [0, 0.05) is 5.41 Å². The molecule has 0 aliphatic carbocycles. The Morgan fingerprint density at radius 1 is 0.810 bits per heavy atom. The van der Waals surface area contributed by atoms with Crippen molar-refractivity contribution in [2.45, 2.75) is 27.1 Å². The predicted molar refractivity (Wildman–Crippen MR) is 85.5 cm³/mol. The van der Waals surface area contributed by atoms with Crippen molar-refractivity contribution in [3.05, 3.63) is 60.7 Å². The standard InChI is InChI=1S/C11H16O2.C7H8O/c1-11(2,3)10(12)13-9-7-5-4-6-8-9;1-8-7-5-3-2-4-6-7/h4-8,10,12H,1-3H3;2-6H,1H3. The number of hydrogen-bond donors (Lipinski definition) is 1. The topological polar surface area (TPSA) is 38.7 Å². The van der Waals surface area contributed by atoms with Gasteiger partial charge in [0.1, 0.15) is 11.5 Å².